The van der Waals surface area contributed by atoms with Gasteiger partial charge in [0.15, 0.2) is 0 Å². The molecular formula is C17H18N2S. The van der Waals surface area contributed by atoms with Gasteiger partial charge in [-0.05, 0) is 43.9 Å². The third kappa shape index (κ3) is 3.20. The Kier molecular flexibility index (Phi) is 4.81. The van der Waals surface area contributed by atoms with Crippen molar-refractivity contribution in [1.29, 1.82) is 5.26 Å². The van der Waals surface area contributed by atoms with E-state index in [0.717, 1.165) is 39.6 Å². The maximum absolute atomic E-state index is 9.33. The van der Waals surface area contributed by atoms with Crippen molar-refractivity contribution in [2.75, 3.05) is 5.75 Å². The molecule has 1 aromatic carbocycles. The first kappa shape index (κ1) is 14.6. The van der Waals surface area contributed by atoms with Crippen LogP contribution in [0.4, 0.5) is 0 Å². The number of hydrogen-bond donors (Lipinski definition) is 0. The number of aryl methyl sites for hydroxylation is 2. The molecule has 0 spiro atoms. The second-order valence-corrected chi connectivity index (χ2v) is 5.91. The van der Waals surface area contributed by atoms with Gasteiger partial charge in [-0.2, -0.15) is 5.26 Å². The van der Waals surface area contributed by atoms with Crippen molar-refractivity contribution in [3.8, 4) is 6.07 Å². The zero-order valence-electron chi connectivity index (χ0n) is 12.1. The Labute approximate surface area is 124 Å². The predicted octanol–water partition coefficient (Wildman–Crippen LogP) is 4.21. The summed E-state index contributed by atoms with van der Waals surface area (Å²) < 4.78 is 0. The van der Waals surface area contributed by atoms with Crippen LogP contribution < -0.4 is 0 Å². The number of thioether (sulfide) groups is 1. The van der Waals surface area contributed by atoms with Crippen LogP contribution in [0.15, 0.2) is 35.4 Å². The molecule has 102 valence electrons. The second kappa shape index (κ2) is 6.58. The van der Waals surface area contributed by atoms with Gasteiger partial charge >= 0.3 is 0 Å². The Morgan fingerprint density at radius 2 is 1.80 bits per heavy atom. The molecule has 3 heteroatoms. The van der Waals surface area contributed by atoms with E-state index in [-0.39, 0.29) is 0 Å². The molecule has 0 aliphatic carbocycles. The molecule has 0 aliphatic heterocycles. The maximum atomic E-state index is 9.33. The van der Waals surface area contributed by atoms with Crippen LogP contribution in [0.2, 0.25) is 0 Å². The van der Waals surface area contributed by atoms with Gasteiger partial charge in [0, 0.05) is 11.4 Å². The van der Waals surface area contributed by atoms with E-state index in [1.807, 2.05) is 26.8 Å². The maximum Gasteiger partial charge on any atom is 0.114 e. The molecule has 1 aromatic heterocycles. The normalized spacial score (nSPS) is 10.3. The number of nitrogens with zero attached hydrogens (tertiary/aromatic N) is 2. The van der Waals surface area contributed by atoms with Crippen LogP contribution in [0.5, 0.6) is 0 Å². The zero-order valence-corrected chi connectivity index (χ0v) is 12.9. The topological polar surface area (TPSA) is 36.7 Å². The van der Waals surface area contributed by atoms with Gasteiger partial charge in [-0.3, -0.25) is 0 Å². The van der Waals surface area contributed by atoms with Crippen molar-refractivity contribution in [2.24, 2.45) is 0 Å². The lowest BCUT2D eigenvalue weighted by molar-refractivity contribution is 0.996. The first-order valence-corrected chi connectivity index (χ1v) is 7.66. The van der Waals surface area contributed by atoms with E-state index in [2.05, 4.69) is 35.3 Å². The van der Waals surface area contributed by atoms with Gasteiger partial charge in [0.05, 0.1) is 5.56 Å². The summed E-state index contributed by atoms with van der Waals surface area (Å²) in [5.41, 5.74) is 5.24. The molecule has 2 rings (SSSR count). The lowest BCUT2D eigenvalue weighted by atomic mass is 10.1. The van der Waals surface area contributed by atoms with Crippen molar-refractivity contribution in [3.05, 3.63) is 58.3 Å². The SMILES string of the molecule is Cc1nc(SCCc2ccccc2)c(C#N)c(C)c1C. The molecule has 0 aliphatic rings. The highest BCUT2D eigenvalue weighted by Gasteiger charge is 2.12. The molecule has 0 saturated heterocycles. The Hall–Kier alpha value is -1.79. The summed E-state index contributed by atoms with van der Waals surface area (Å²) in [5, 5.41) is 10.2. The van der Waals surface area contributed by atoms with Crippen LogP contribution in [0, 0.1) is 32.1 Å². The van der Waals surface area contributed by atoms with Crippen LogP contribution in [0.3, 0.4) is 0 Å². The molecule has 0 N–H and O–H groups in total. The minimum absolute atomic E-state index is 0.728. The first-order valence-electron chi connectivity index (χ1n) is 6.68. The molecular weight excluding hydrogens is 264 g/mol. The highest BCUT2D eigenvalue weighted by molar-refractivity contribution is 7.99. The molecule has 0 radical (unpaired) electrons. The Balaban J connectivity index is 2.12. The molecule has 0 saturated carbocycles. The summed E-state index contributed by atoms with van der Waals surface area (Å²) in [4.78, 5) is 4.58. The fourth-order valence-corrected chi connectivity index (χ4v) is 3.13. The van der Waals surface area contributed by atoms with Crippen molar-refractivity contribution in [2.45, 2.75) is 32.2 Å². The number of benzene rings is 1. The van der Waals surface area contributed by atoms with Gasteiger partial charge in [-0.15, -0.1) is 11.8 Å². The van der Waals surface area contributed by atoms with E-state index < -0.39 is 0 Å². The van der Waals surface area contributed by atoms with Crippen molar-refractivity contribution < 1.29 is 0 Å². The minimum atomic E-state index is 0.728. The monoisotopic (exact) mass is 282 g/mol. The quantitative estimate of drug-likeness (QED) is 0.788. The average molecular weight is 282 g/mol. The largest absolute Gasteiger partial charge is 0.245 e. The molecule has 0 fully saturated rings. The van der Waals surface area contributed by atoms with Crippen LogP contribution in [0.1, 0.15) is 27.9 Å². The Morgan fingerprint density at radius 1 is 1.10 bits per heavy atom. The van der Waals surface area contributed by atoms with E-state index in [9.17, 15) is 5.26 Å². The van der Waals surface area contributed by atoms with Crippen LogP contribution >= 0.6 is 11.8 Å². The van der Waals surface area contributed by atoms with Crippen molar-refractivity contribution in [3.63, 3.8) is 0 Å². The number of nitriles is 1. The smallest absolute Gasteiger partial charge is 0.114 e. The number of rotatable bonds is 4. The van der Waals surface area contributed by atoms with Crippen LogP contribution in [-0.2, 0) is 6.42 Å². The molecule has 20 heavy (non-hydrogen) atoms. The first-order chi connectivity index (χ1) is 9.63. The van der Waals surface area contributed by atoms with Crippen molar-refractivity contribution in [1.82, 2.24) is 4.98 Å². The summed E-state index contributed by atoms with van der Waals surface area (Å²) in [7, 11) is 0. The molecule has 1 heterocycles. The van der Waals surface area contributed by atoms with Crippen molar-refractivity contribution >= 4 is 11.8 Å². The molecule has 2 nitrogen and oxygen atoms in total. The lowest BCUT2D eigenvalue weighted by Crippen LogP contribution is -2.00. The number of hydrogen-bond acceptors (Lipinski definition) is 3. The standard InChI is InChI=1S/C17H18N2S/c1-12-13(2)16(11-18)17(19-14(12)3)20-10-9-15-7-5-4-6-8-15/h4-8H,9-10H2,1-3H3. The predicted molar refractivity (Wildman–Crippen MR) is 84.0 cm³/mol. The Bertz CT molecular complexity index is 642. The Morgan fingerprint density at radius 3 is 2.45 bits per heavy atom. The summed E-state index contributed by atoms with van der Waals surface area (Å²) in [6.07, 6.45) is 0.990. The zero-order chi connectivity index (χ0) is 14.5. The van der Waals surface area contributed by atoms with Gasteiger partial charge in [-0.1, -0.05) is 30.3 Å². The average Bonchev–Trinajstić information content (AvgIpc) is 2.46. The van der Waals surface area contributed by atoms with E-state index >= 15 is 0 Å². The lowest BCUT2D eigenvalue weighted by Gasteiger charge is -2.11. The van der Waals surface area contributed by atoms with Gasteiger partial charge < -0.3 is 0 Å². The highest BCUT2D eigenvalue weighted by atomic mass is 32.2. The summed E-state index contributed by atoms with van der Waals surface area (Å²) in [6, 6.07) is 12.7. The van der Waals surface area contributed by atoms with E-state index in [0.29, 0.717) is 0 Å². The minimum Gasteiger partial charge on any atom is -0.245 e. The highest BCUT2D eigenvalue weighted by Crippen LogP contribution is 2.26. The molecule has 2 aromatic rings. The van der Waals surface area contributed by atoms with Gasteiger partial charge in [0.25, 0.3) is 0 Å². The fraction of sp³-hybridized carbons (Fsp3) is 0.294. The van der Waals surface area contributed by atoms with E-state index in [1.54, 1.807) is 11.8 Å². The molecule has 0 unspecified atom stereocenters. The third-order valence-electron chi connectivity index (χ3n) is 3.55. The van der Waals surface area contributed by atoms with Gasteiger partial charge in [-0.25, -0.2) is 4.98 Å². The number of pyridine rings is 1. The van der Waals surface area contributed by atoms with Gasteiger partial charge in [0.1, 0.15) is 11.1 Å². The summed E-state index contributed by atoms with van der Waals surface area (Å²) in [6.45, 7) is 6.03. The second-order valence-electron chi connectivity index (χ2n) is 4.82. The van der Waals surface area contributed by atoms with Crippen LogP contribution in [0.25, 0.3) is 0 Å². The summed E-state index contributed by atoms with van der Waals surface area (Å²) >= 11 is 1.67. The molecule has 0 bridgehead atoms. The van der Waals surface area contributed by atoms with E-state index in [1.165, 1.54) is 5.56 Å². The molecule has 0 atom stereocenters. The summed E-state index contributed by atoms with van der Waals surface area (Å²) in [5.74, 6) is 0.938. The third-order valence-corrected chi connectivity index (χ3v) is 4.52. The number of aromatic nitrogens is 1. The van der Waals surface area contributed by atoms with Gasteiger partial charge in [0.2, 0.25) is 0 Å². The van der Waals surface area contributed by atoms with E-state index in [4.69, 9.17) is 0 Å². The fourth-order valence-electron chi connectivity index (χ4n) is 2.06. The van der Waals surface area contributed by atoms with Crippen LogP contribution in [-0.4, -0.2) is 10.7 Å². The molecule has 0 amide bonds.